The Morgan fingerprint density at radius 1 is 1.21 bits per heavy atom. The molecule has 1 fully saturated rings. The zero-order chi connectivity index (χ0) is 31.8. The Morgan fingerprint density at radius 2 is 1.88 bits per heavy atom. The average molecular weight is 624 g/mol. The van der Waals surface area contributed by atoms with Crippen LogP contribution in [-0.2, 0) is 21.3 Å². The van der Waals surface area contributed by atoms with Crippen molar-refractivity contribution in [1.82, 2.24) is 14.2 Å². The van der Waals surface area contributed by atoms with Gasteiger partial charge in [0.15, 0.2) is 0 Å². The lowest BCUT2D eigenvalue weighted by Crippen LogP contribution is -2.51. The number of sulfonamides is 1. The number of nitrogens with one attached hydrogen (secondary N) is 4. The minimum atomic E-state index is -4.72. The number of amides is 1. The van der Waals surface area contributed by atoms with Gasteiger partial charge in [0.05, 0.1) is 28.6 Å². The molecule has 2 aliphatic rings. The van der Waals surface area contributed by atoms with Crippen LogP contribution in [0, 0.1) is 16.7 Å². The molecule has 0 bridgehead atoms. The van der Waals surface area contributed by atoms with E-state index >= 15 is 0 Å². The fourth-order valence-corrected chi connectivity index (χ4v) is 6.65. The topological polar surface area (TPSA) is 171 Å². The number of alkyl halides is 3. The van der Waals surface area contributed by atoms with E-state index in [4.69, 9.17) is 10.1 Å². The van der Waals surface area contributed by atoms with Crippen molar-refractivity contribution < 1.29 is 31.1 Å². The lowest BCUT2D eigenvalue weighted by atomic mass is 9.84. The normalized spacial score (nSPS) is 17.9. The summed E-state index contributed by atoms with van der Waals surface area (Å²) in [6.07, 6.45) is -3.03. The van der Waals surface area contributed by atoms with Crippen molar-refractivity contribution in [2.24, 2.45) is 0 Å². The van der Waals surface area contributed by atoms with Crippen molar-refractivity contribution in [3.63, 3.8) is 0 Å². The van der Waals surface area contributed by atoms with Gasteiger partial charge in [-0.15, -0.1) is 0 Å². The van der Waals surface area contributed by atoms with E-state index in [9.17, 15) is 36.4 Å². The molecule has 0 aliphatic carbocycles. The largest absolute Gasteiger partial charge is 0.444 e. The Hall–Kier alpha value is -4.10. The van der Waals surface area contributed by atoms with Gasteiger partial charge in [-0.05, 0) is 63.4 Å². The van der Waals surface area contributed by atoms with E-state index in [1.165, 1.54) is 24.4 Å². The van der Waals surface area contributed by atoms with E-state index in [2.05, 4.69) is 21.7 Å². The lowest BCUT2D eigenvalue weighted by molar-refractivity contribution is -0.136. The van der Waals surface area contributed by atoms with Crippen LogP contribution in [0.3, 0.4) is 0 Å². The number of carbonyl (C=O) groups excluding carboxylic acids is 1. The maximum absolute atomic E-state index is 12.9. The monoisotopic (exact) mass is 623 g/mol. The zero-order valence-corrected chi connectivity index (χ0v) is 24.6. The molecule has 0 radical (unpaired) electrons. The van der Waals surface area contributed by atoms with Crippen LogP contribution in [0.2, 0.25) is 0 Å². The third-order valence-electron chi connectivity index (χ3n) is 7.05. The molecular formula is C27H32F3N7O5S. The van der Waals surface area contributed by atoms with Gasteiger partial charge in [-0.25, -0.2) is 13.2 Å². The van der Waals surface area contributed by atoms with Crippen molar-refractivity contribution >= 4 is 33.3 Å². The zero-order valence-electron chi connectivity index (χ0n) is 23.8. The summed E-state index contributed by atoms with van der Waals surface area (Å²) in [6.45, 7) is 3.76. The molecule has 0 spiro atoms. The first-order valence-corrected chi connectivity index (χ1v) is 14.8. The lowest BCUT2D eigenvalue weighted by Gasteiger charge is -2.42. The van der Waals surface area contributed by atoms with Crippen LogP contribution in [-0.4, -0.2) is 71.5 Å². The van der Waals surface area contributed by atoms with Crippen molar-refractivity contribution in [3.05, 3.63) is 51.9 Å². The molecule has 0 saturated carbocycles. The number of rotatable bonds is 6. The summed E-state index contributed by atoms with van der Waals surface area (Å²) in [7, 11) is -4.33. The number of amidine groups is 1. The van der Waals surface area contributed by atoms with Gasteiger partial charge in [0.25, 0.3) is 5.56 Å². The maximum Gasteiger partial charge on any atom is 0.410 e. The van der Waals surface area contributed by atoms with Crippen molar-refractivity contribution in [2.45, 2.75) is 68.8 Å². The first kappa shape index (κ1) is 31.8. The van der Waals surface area contributed by atoms with Crippen LogP contribution >= 0.6 is 0 Å². The van der Waals surface area contributed by atoms with Crippen LogP contribution in [0.15, 0.2) is 40.2 Å². The number of aromatic nitrogens is 1. The summed E-state index contributed by atoms with van der Waals surface area (Å²) in [5.74, 6) is -0.365. The van der Waals surface area contributed by atoms with E-state index in [0.29, 0.717) is 30.2 Å². The SMILES string of the molecule is CC(C)(C)OC(=O)N1CCC(CC#N)(Nc2cc[nH]c(=O)c2C(=N)Nc2ccc3c(c2)CN(CC(F)(F)F)S3(=O)=O)CC1. The Balaban J connectivity index is 1.54. The minimum absolute atomic E-state index is 0.0515. The number of likely N-dealkylation sites (tertiary alicyclic amines) is 1. The van der Waals surface area contributed by atoms with Crippen LogP contribution < -0.4 is 16.2 Å². The first-order valence-electron chi connectivity index (χ1n) is 13.3. The Kier molecular flexibility index (Phi) is 8.53. The average Bonchev–Trinajstić information content (AvgIpc) is 3.10. The van der Waals surface area contributed by atoms with Gasteiger partial charge in [0, 0.05) is 31.5 Å². The second-order valence-corrected chi connectivity index (χ2v) is 13.4. The number of H-pyrrole nitrogens is 1. The minimum Gasteiger partial charge on any atom is -0.444 e. The number of aromatic amines is 1. The molecule has 1 aromatic heterocycles. The molecule has 0 atom stereocenters. The van der Waals surface area contributed by atoms with Gasteiger partial charge >= 0.3 is 12.3 Å². The predicted octanol–water partition coefficient (Wildman–Crippen LogP) is 3.97. The Morgan fingerprint density at radius 3 is 2.49 bits per heavy atom. The number of hydrogen-bond donors (Lipinski definition) is 4. The number of carbonyl (C=O) groups is 1. The number of anilines is 2. The maximum atomic E-state index is 12.9. The van der Waals surface area contributed by atoms with Crippen LogP contribution in [0.1, 0.15) is 51.2 Å². The molecule has 2 aliphatic heterocycles. The summed E-state index contributed by atoms with van der Waals surface area (Å²) < 4.78 is 69.7. The molecular weight excluding hydrogens is 591 g/mol. The number of hydrogen-bond acceptors (Lipinski definition) is 8. The molecule has 43 heavy (non-hydrogen) atoms. The highest BCUT2D eigenvalue weighted by atomic mass is 32.2. The molecule has 16 heteroatoms. The summed E-state index contributed by atoms with van der Waals surface area (Å²) in [4.78, 5) is 29.2. The quantitative estimate of drug-likeness (QED) is 0.277. The van der Waals surface area contributed by atoms with E-state index in [1.54, 1.807) is 25.7 Å². The third-order valence-corrected chi connectivity index (χ3v) is 8.94. The van der Waals surface area contributed by atoms with E-state index < -0.39 is 52.1 Å². The van der Waals surface area contributed by atoms with Crippen LogP contribution in [0.25, 0.3) is 0 Å². The Bertz CT molecular complexity index is 1620. The number of halogens is 3. The van der Waals surface area contributed by atoms with E-state index in [-0.39, 0.29) is 39.7 Å². The molecule has 1 amide bonds. The molecule has 232 valence electrons. The number of benzene rings is 1. The number of pyridine rings is 1. The van der Waals surface area contributed by atoms with E-state index in [1.807, 2.05) is 0 Å². The number of nitrogens with zero attached hydrogens (tertiary/aromatic N) is 3. The van der Waals surface area contributed by atoms with Gasteiger partial charge in [-0.2, -0.15) is 22.7 Å². The number of nitriles is 1. The smallest absolute Gasteiger partial charge is 0.410 e. The van der Waals surface area contributed by atoms with Crippen molar-refractivity contribution in [3.8, 4) is 6.07 Å². The third kappa shape index (κ3) is 7.28. The fraction of sp³-hybridized carbons (Fsp3) is 0.481. The standard InChI is InChI=1S/C27H32F3N7O5S/c1-25(2,3)42-24(39)36-12-8-26(7-10-31,9-13-36)35-19-6-11-33-23(38)21(19)22(32)34-18-4-5-20-17(14-18)15-37(43(20,40)41)16-27(28,29)30/h4-6,11,14H,7-9,12-13,15-16H2,1-3H3,(H2,32,34)(H2,33,35,38). The van der Waals surface area contributed by atoms with Crippen LogP contribution in [0.4, 0.5) is 29.3 Å². The molecule has 12 nitrogen and oxygen atoms in total. The summed E-state index contributed by atoms with van der Waals surface area (Å²) in [6, 6.07) is 7.48. The van der Waals surface area contributed by atoms with Gasteiger partial charge < -0.3 is 25.3 Å². The molecule has 4 N–H and O–H groups in total. The van der Waals surface area contributed by atoms with Crippen LogP contribution in [0.5, 0.6) is 0 Å². The number of fused-ring (bicyclic) bond motifs is 1. The van der Waals surface area contributed by atoms with Gasteiger partial charge in [0.2, 0.25) is 10.0 Å². The second-order valence-electron chi connectivity index (χ2n) is 11.5. The summed E-state index contributed by atoms with van der Waals surface area (Å²) in [5.41, 5.74) is -1.64. The predicted molar refractivity (Wildman–Crippen MR) is 151 cm³/mol. The van der Waals surface area contributed by atoms with E-state index in [0.717, 1.165) is 6.07 Å². The summed E-state index contributed by atoms with van der Waals surface area (Å²) >= 11 is 0. The molecule has 0 unspecified atom stereocenters. The Labute approximate surface area is 246 Å². The number of piperidine rings is 1. The summed E-state index contributed by atoms with van der Waals surface area (Å²) in [5, 5.41) is 24.2. The highest BCUT2D eigenvalue weighted by Gasteiger charge is 2.42. The number of ether oxygens (including phenoxy) is 1. The van der Waals surface area contributed by atoms with Crippen molar-refractivity contribution in [1.29, 1.82) is 10.7 Å². The van der Waals surface area contributed by atoms with Gasteiger partial charge in [0.1, 0.15) is 23.5 Å². The van der Waals surface area contributed by atoms with Crippen molar-refractivity contribution in [2.75, 3.05) is 30.3 Å². The highest BCUT2D eigenvalue weighted by molar-refractivity contribution is 7.89. The highest BCUT2D eigenvalue weighted by Crippen LogP contribution is 2.35. The molecule has 1 saturated heterocycles. The fourth-order valence-electron chi connectivity index (χ4n) is 5.05. The molecule has 2 aromatic rings. The van der Waals surface area contributed by atoms with Gasteiger partial charge in [-0.3, -0.25) is 10.2 Å². The molecule has 4 rings (SSSR count). The first-order chi connectivity index (χ1) is 19.9. The van der Waals surface area contributed by atoms with Gasteiger partial charge in [-0.1, -0.05) is 0 Å². The molecule has 1 aromatic carbocycles. The second kappa shape index (κ2) is 11.5. The molecule has 3 heterocycles.